The molecule has 2 aromatic heterocycles. The van der Waals surface area contributed by atoms with Gasteiger partial charge in [0.1, 0.15) is 18.2 Å². The third-order valence-corrected chi connectivity index (χ3v) is 7.21. The molecule has 0 bridgehead atoms. The Balaban J connectivity index is 0.00000441. The SMILES string of the molecule is C.Cc1ccc(NC(=O)c2ccc(NCCO)c(Cl)c2)cc1OCc1csc2c(C(=O)NCCO)cnc(N)c12. The zero-order valence-corrected chi connectivity index (χ0v) is 22.7. The molecule has 0 unspecified atom stereocenters. The predicted molar refractivity (Wildman–Crippen MR) is 161 cm³/mol. The van der Waals surface area contributed by atoms with E-state index in [1.807, 2.05) is 18.4 Å². The van der Waals surface area contributed by atoms with E-state index in [2.05, 4.69) is 20.9 Å². The van der Waals surface area contributed by atoms with E-state index in [-0.39, 0.29) is 51.4 Å². The lowest BCUT2D eigenvalue weighted by Gasteiger charge is -2.13. The molecule has 0 spiro atoms. The maximum absolute atomic E-state index is 12.8. The van der Waals surface area contributed by atoms with Crippen molar-refractivity contribution in [3.05, 3.63) is 75.3 Å². The van der Waals surface area contributed by atoms with E-state index in [4.69, 9.17) is 32.3 Å². The van der Waals surface area contributed by atoms with Crippen molar-refractivity contribution < 1.29 is 24.5 Å². The number of hydrogen-bond donors (Lipinski definition) is 6. The van der Waals surface area contributed by atoms with Crippen molar-refractivity contribution >= 4 is 62.0 Å². The van der Waals surface area contributed by atoms with Gasteiger partial charge < -0.3 is 36.6 Å². The number of amides is 2. The Hall–Kier alpha value is -3.90. The average molecular weight is 586 g/mol. The molecule has 212 valence electrons. The molecule has 2 heterocycles. The Labute approximate surface area is 241 Å². The van der Waals surface area contributed by atoms with Gasteiger partial charge in [-0.25, -0.2) is 4.98 Å². The number of aryl methyl sites for hydroxylation is 1. The highest BCUT2D eigenvalue weighted by atomic mass is 35.5. The lowest BCUT2D eigenvalue weighted by Crippen LogP contribution is -2.26. The highest BCUT2D eigenvalue weighted by molar-refractivity contribution is 7.17. The number of nitrogen functional groups attached to an aromatic ring is 1. The van der Waals surface area contributed by atoms with Crippen LogP contribution in [0.3, 0.4) is 0 Å². The molecule has 7 N–H and O–H groups in total. The van der Waals surface area contributed by atoms with Gasteiger partial charge in [-0.1, -0.05) is 25.1 Å². The van der Waals surface area contributed by atoms with Crippen molar-refractivity contribution in [3.63, 3.8) is 0 Å². The van der Waals surface area contributed by atoms with Crippen molar-refractivity contribution in [1.29, 1.82) is 0 Å². The van der Waals surface area contributed by atoms with E-state index in [1.165, 1.54) is 17.5 Å². The first-order chi connectivity index (χ1) is 18.8. The maximum Gasteiger partial charge on any atom is 0.255 e. The van der Waals surface area contributed by atoms with E-state index in [0.717, 1.165) is 11.1 Å². The first kappa shape index (κ1) is 30.6. The van der Waals surface area contributed by atoms with Crippen molar-refractivity contribution in [2.75, 3.05) is 42.7 Å². The minimum Gasteiger partial charge on any atom is -0.489 e. The normalized spacial score (nSPS) is 10.6. The Morgan fingerprint density at radius 3 is 2.60 bits per heavy atom. The molecule has 0 saturated heterocycles. The summed E-state index contributed by atoms with van der Waals surface area (Å²) in [6.45, 7) is 2.35. The van der Waals surface area contributed by atoms with Gasteiger partial charge in [-0.05, 0) is 42.1 Å². The van der Waals surface area contributed by atoms with E-state index in [1.54, 1.807) is 30.3 Å². The number of aliphatic hydroxyl groups excluding tert-OH is 2. The Kier molecular flexibility index (Phi) is 10.7. The Morgan fingerprint density at radius 1 is 1.10 bits per heavy atom. The van der Waals surface area contributed by atoms with Gasteiger partial charge >= 0.3 is 0 Å². The first-order valence-corrected chi connectivity index (χ1v) is 13.3. The molecule has 0 atom stereocenters. The van der Waals surface area contributed by atoms with Crippen LogP contribution in [0.5, 0.6) is 5.75 Å². The second kappa shape index (κ2) is 13.9. The Bertz CT molecular complexity index is 1510. The minimum absolute atomic E-state index is 0. The van der Waals surface area contributed by atoms with Crippen LogP contribution in [0.1, 0.15) is 39.3 Å². The van der Waals surface area contributed by atoms with Crippen molar-refractivity contribution in [2.45, 2.75) is 21.0 Å². The molecule has 0 saturated carbocycles. The maximum atomic E-state index is 12.8. The van der Waals surface area contributed by atoms with E-state index in [0.29, 0.717) is 49.9 Å². The fraction of sp³-hybridized carbons (Fsp3) is 0.250. The van der Waals surface area contributed by atoms with Gasteiger partial charge in [0.25, 0.3) is 11.8 Å². The van der Waals surface area contributed by atoms with Crippen LogP contribution in [-0.4, -0.2) is 53.3 Å². The summed E-state index contributed by atoms with van der Waals surface area (Å²) in [6.07, 6.45) is 1.42. The number of pyridine rings is 1. The number of rotatable bonds is 11. The number of hydrogen-bond acceptors (Lipinski definition) is 9. The van der Waals surface area contributed by atoms with Gasteiger partial charge in [0.05, 0.1) is 34.2 Å². The fourth-order valence-corrected chi connectivity index (χ4v) is 5.16. The molecule has 4 rings (SSSR count). The summed E-state index contributed by atoms with van der Waals surface area (Å²) in [5.41, 5.74) is 9.71. The van der Waals surface area contributed by atoms with E-state index < -0.39 is 0 Å². The predicted octanol–water partition coefficient (Wildman–Crippen LogP) is 4.43. The number of nitrogens with two attached hydrogens (primary N) is 1. The molecule has 4 aromatic rings. The number of fused-ring (bicyclic) bond motifs is 1. The monoisotopic (exact) mass is 585 g/mol. The third-order valence-electron chi connectivity index (χ3n) is 5.83. The number of anilines is 3. The average Bonchev–Trinajstić information content (AvgIpc) is 3.36. The summed E-state index contributed by atoms with van der Waals surface area (Å²) in [5.74, 6) is 0.178. The second-order valence-electron chi connectivity index (χ2n) is 8.57. The third kappa shape index (κ3) is 6.99. The minimum atomic E-state index is -0.340. The van der Waals surface area contributed by atoms with E-state index >= 15 is 0 Å². The van der Waals surface area contributed by atoms with E-state index in [9.17, 15) is 9.59 Å². The zero-order valence-electron chi connectivity index (χ0n) is 21.1. The number of benzene rings is 2. The molecule has 10 nitrogen and oxygen atoms in total. The van der Waals surface area contributed by atoms with Crippen molar-refractivity contribution in [1.82, 2.24) is 10.3 Å². The summed E-state index contributed by atoms with van der Waals surface area (Å²) in [6, 6.07) is 10.2. The second-order valence-corrected chi connectivity index (χ2v) is 9.86. The molecule has 0 aliphatic rings. The van der Waals surface area contributed by atoms with Crippen LogP contribution in [0, 0.1) is 6.92 Å². The van der Waals surface area contributed by atoms with Crippen LogP contribution in [0.2, 0.25) is 5.02 Å². The van der Waals surface area contributed by atoms with Gasteiger partial charge in [0, 0.05) is 47.6 Å². The topological polar surface area (TPSA) is 159 Å². The highest BCUT2D eigenvalue weighted by Gasteiger charge is 2.18. The highest BCUT2D eigenvalue weighted by Crippen LogP contribution is 2.34. The number of carbonyl (C=O) groups is 2. The van der Waals surface area contributed by atoms with Crippen LogP contribution in [0.4, 0.5) is 17.2 Å². The number of carbonyl (C=O) groups excluding carboxylic acids is 2. The first-order valence-electron chi connectivity index (χ1n) is 12.0. The zero-order chi connectivity index (χ0) is 27.9. The fourth-order valence-electron chi connectivity index (χ4n) is 3.84. The van der Waals surface area contributed by atoms with Crippen LogP contribution in [0.15, 0.2) is 48.0 Å². The van der Waals surface area contributed by atoms with Gasteiger partial charge in [0.2, 0.25) is 0 Å². The number of aromatic nitrogens is 1. The molecule has 40 heavy (non-hydrogen) atoms. The summed E-state index contributed by atoms with van der Waals surface area (Å²) in [4.78, 5) is 29.5. The molecule has 2 aromatic carbocycles. The molecule has 0 aliphatic heterocycles. The van der Waals surface area contributed by atoms with Crippen LogP contribution in [0.25, 0.3) is 10.1 Å². The quantitative estimate of drug-likeness (QED) is 0.151. The van der Waals surface area contributed by atoms with Crippen LogP contribution >= 0.6 is 22.9 Å². The van der Waals surface area contributed by atoms with Crippen molar-refractivity contribution in [3.8, 4) is 5.75 Å². The van der Waals surface area contributed by atoms with Crippen LogP contribution < -0.4 is 26.4 Å². The van der Waals surface area contributed by atoms with Crippen molar-refractivity contribution in [2.24, 2.45) is 0 Å². The summed E-state index contributed by atoms with van der Waals surface area (Å²) in [7, 11) is 0. The number of aliphatic hydroxyl groups is 2. The summed E-state index contributed by atoms with van der Waals surface area (Å²) in [5, 5.41) is 29.3. The lowest BCUT2D eigenvalue weighted by molar-refractivity contribution is 0.0945. The Morgan fingerprint density at radius 2 is 1.88 bits per heavy atom. The van der Waals surface area contributed by atoms with Gasteiger partial charge in [-0.3, -0.25) is 9.59 Å². The number of nitrogens with zero attached hydrogens (tertiary/aromatic N) is 1. The van der Waals surface area contributed by atoms with Gasteiger partial charge in [0.15, 0.2) is 0 Å². The molecule has 2 amide bonds. The largest absolute Gasteiger partial charge is 0.489 e. The lowest BCUT2D eigenvalue weighted by atomic mass is 10.1. The smallest absolute Gasteiger partial charge is 0.255 e. The molecule has 0 fully saturated rings. The molecule has 0 aliphatic carbocycles. The van der Waals surface area contributed by atoms with Gasteiger partial charge in [-0.2, -0.15) is 0 Å². The summed E-state index contributed by atoms with van der Waals surface area (Å²) >= 11 is 7.62. The number of halogens is 1. The number of nitrogens with one attached hydrogen (secondary N) is 3. The molecule has 12 heteroatoms. The van der Waals surface area contributed by atoms with Gasteiger partial charge in [-0.15, -0.1) is 11.3 Å². The molecular formula is C28H32ClN5O5S. The number of thiophene rings is 1. The molecule has 0 radical (unpaired) electrons. The standard InChI is InChI=1S/C27H28ClN5O5S.CH4/c1-15-2-4-18(33-26(36)16-3-5-21(20(28)10-16)30-6-8-34)11-22(15)38-13-17-14-39-24-19(27(37)31-7-9-35)12-32-25(29)23(17)24;/h2-5,10-12,14,30,34-35H,6-9,13H2,1H3,(H2,29,32)(H,31,37)(H,33,36);1H4. The molecular weight excluding hydrogens is 554 g/mol. The summed E-state index contributed by atoms with van der Waals surface area (Å²) < 4.78 is 6.78. The van der Waals surface area contributed by atoms with Crippen LogP contribution in [-0.2, 0) is 6.61 Å². The number of ether oxygens (including phenoxy) is 1.